The van der Waals surface area contributed by atoms with Crippen molar-refractivity contribution >= 4 is 23.4 Å². The van der Waals surface area contributed by atoms with Gasteiger partial charge < -0.3 is 19.5 Å². The molecule has 0 unspecified atom stereocenters. The molecule has 9 heteroatoms. The van der Waals surface area contributed by atoms with Crippen LogP contribution in [0.1, 0.15) is 41.0 Å². The molecule has 0 saturated heterocycles. The van der Waals surface area contributed by atoms with Crippen molar-refractivity contribution in [2.75, 3.05) is 26.6 Å². The molecule has 0 aliphatic heterocycles. The summed E-state index contributed by atoms with van der Waals surface area (Å²) in [5.74, 6) is 0.0585. The van der Waals surface area contributed by atoms with Crippen molar-refractivity contribution in [2.24, 2.45) is 5.92 Å². The molecule has 0 atom stereocenters. The Bertz CT molecular complexity index is 916. The molecule has 2 aromatic rings. The highest BCUT2D eigenvalue weighted by Crippen LogP contribution is 2.38. The average Bonchev–Trinajstić information content (AvgIpc) is 2.75. The number of carbonyl (C=O) groups is 3. The lowest BCUT2D eigenvalue weighted by Gasteiger charge is -2.14. The van der Waals surface area contributed by atoms with Crippen LogP contribution in [-0.2, 0) is 4.79 Å². The molecule has 3 N–H and O–H groups in total. The zero-order valence-electron chi connectivity index (χ0n) is 18.2. The molecule has 166 valence electrons. The van der Waals surface area contributed by atoms with E-state index in [0.29, 0.717) is 34.9 Å². The second-order valence-electron chi connectivity index (χ2n) is 7.05. The maximum absolute atomic E-state index is 12.5. The van der Waals surface area contributed by atoms with Gasteiger partial charge in [0.25, 0.3) is 11.8 Å². The second-order valence-corrected chi connectivity index (χ2v) is 7.05. The lowest BCUT2D eigenvalue weighted by atomic mass is 10.1. The van der Waals surface area contributed by atoms with Crippen molar-refractivity contribution in [3.63, 3.8) is 0 Å². The van der Waals surface area contributed by atoms with Gasteiger partial charge in [0.15, 0.2) is 11.5 Å². The quantitative estimate of drug-likeness (QED) is 0.556. The number of hydrogen-bond acceptors (Lipinski definition) is 6. The summed E-state index contributed by atoms with van der Waals surface area (Å²) in [5.41, 5.74) is 5.80. The van der Waals surface area contributed by atoms with Gasteiger partial charge in [-0.2, -0.15) is 0 Å². The van der Waals surface area contributed by atoms with Crippen LogP contribution in [0.2, 0.25) is 0 Å². The van der Waals surface area contributed by atoms with Crippen molar-refractivity contribution in [1.82, 2.24) is 10.9 Å². The van der Waals surface area contributed by atoms with Gasteiger partial charge in [-0.15, -0.1) is 0 Å². The molecule has 0 aliphatic carbocycles. The molecule has 0 saturated carbocycles. The van der Waals surface area contributed by atoms with Crippen molar-refractivity contribution in [3.05, 3.63) is 47.5 Å². The maximum atomic E-state index is 12.5. The number of benzene rings is 2. The summed E-state index contributed by atoms with van der Waals surface area (Å²) in [6.07, 6.45) is 0.412. The molecule has 31 heavy (non-hydrogen) atoms. The van der Waals surface area contributed by atoms with Crippen LogP contribution in [-0.4, -0.2) is 39.1 Å². The minimum absolute atomic E-state index is 0.0928. The van der Waals surface area contributed by atoms with Gasteiger partial charge in [0.2, 0.25) is 11.7 Å². The minimum atomic E-state index is -0.565. The Morgan fingerprint density at radius 2 is 1.32 bits per heavy atom. The van der Waals surface area contributed by atoms with Crippen LogP contribution in [0.25, 0.3) is 0 Å². The molecule has 0 heterocycles. The van der Waals surface area contributed by atoms with Gasteiger partial charge in [-0.25, -0.2) is 0 Å². The highest BCUT2D eigenvalue weighted by molar-refractivity contribution is 6.00. The fourth-order valence-electron chi connectivity index (χ4n) is 2.76. The Morgan fingerprint density at radius 3 is 1.77 bits per heavy atom. The number of ether oxygens (including phenoxy) is 3. The number of hydrazine groups is 1. The Morgan fingerprint density at radius 1 is 0.806 bits per heavy atom. The number of hydrogen-bond donors (Lipinski definition) is 3. The molecular weight excluding hydrogens is 402 g/mol. The van der Waals surface area contributed by atoms with Gasteiger partial charge in [0, 0.05) is 23.2 Å². The fourth-order valence-corrected chi connectivity index (χ4v) is 2.76. The van der Waals surface area contributed by atoms with E-state index in [1.807, 2.05) is 13.8 Å². The van der Waals surface area contributed by atoms with Crippen LogP contribution < -0.4 is 30.4 Å². The summed E-state index contributed by atoms with van der Waals surface area (Å²) < 4.78 is 15.7. The van der Waals surface area contributed by atoms with Crippen LogP contribution in [0.5, 0.6) is 17.2 Å². The topological polar surface area (TPSA) is 115 Å². The Kier molecular flexibility index (Phi) is 8.25. The molecule has 9 nitrogen and oxygen atoms in total. The first-order valence-electron chi connectivity index (χ1n) is 9.59. The highest BCUT2D eigenvalue weighted by atomic mass is 16.5. The molecule has 0 aromatic heterocycles. The second kappa shape index (κ2) is 10.9. The predicted octanol–water partition coefficient (Wildman–Crippen LogP) is 2.77. The van der Waals surface area contributed by atoms with Gasteiger partial charge in [-0.1, -0.05) is 13.8 Å². The number of methoxy groups -OCH3 is 3. The van der Waals surface area contributed by atoms with E-state index in [9.17, 15) is 14.4 Å². The van der Waals surface area contributed by atoms with Gasteiger partial charge in [0.1, 0.15) is 0 Å². The first-order valence-corrected chi connectivity index (χ1v) is 9.59. The van der Waals surface area contributed by atoms with Gasteiger partial charge in [0.05, 0.1) is 21.3 Å². The van der Waals surface area contributed by atoms with Crippen LogP contribution in [0.3, 0.4) is 0 Å². The number of amides is 3. The smallest absolute Gasteiger partial charge is 0.269 e. The minimum Gasteiger partial charge on any atom is -0.493 e. The molecule has 0 radical (unpaired) electrons. The van der Waals surface area contributed by atoms with Crippen molar-refractivity contribution < 1.29 is 28.6 Å². The van der Waals surface area contributed by atoms with E-state index in [-0.39, 0.29) is 17.4 Å². The summed E-state index contributed by atoms with van der Waals surface area (Å²) >= 11 is 0. The monoisotopic (exact) mass is 429 g/mol. The summed E-state index contributed by atoms with van der Waals surface area (Å²) in [7, 11) is 4.34. The van der Waals surface area contributed by atoms with E-state index in [1.54, 1.807) is 24.3 Å². The number of anilines is 1. The van der Waals surface area contributed by atoms with Crippen LogP contribution in [0, 0.1) is 5.92 Å². The Balaban J connectivity index is 2.01. The molecule has 0 bridgehead atoms. The zero-order chi connectivity index (χ0) is 23.0. The van der Waals surface area contributed by atoms with E-state index in [1.165, 1.54) is 33.5 Å². The van der Waals surface area contributed by atoms with Crippen molar-refractivity contribution in [1.29, 1.82) is 0 Å². The van der Waals surface area contributed by atoms with E-state index in [4.69, 9.17) is 14.2 Å². The Hall–Kier alpha value is -3.75. The van der Waals surface area contributed by atoms with E-state index in [2.05, 4.69) is 16.2 Å². The van der Waals surface area contributed by atoms with Crippen molar-refractivity contribution in [2.45, 2.75) is 20.3 Å². The molecule has 2 aromatic carbocycles. The first-order chi connectivity index (χ1) is 14.8. The van der Waals surface area contributed by atoms with Gasteiger partial charge in [-0.3, -0.25) is 25.2 Å². The SMILES string of the molecule is COc1cc(C(=O)NNC(=O)c2ccc(NC(=O)CC(C)C)cc2)cc(OC)c1OC. The number of nitrogens with one attached hydrogen (secondary N) is 3. The number of carbonyl (C=O) groups excluding carboxylic acids is 3. The van der Waals surface area contributed by atoms with Crippen LogP contribution in [0.15, 0.2) is 36.4 Å². The normalized spacial score (nSPS) is 10.3. The summed E-state index contributed by atoms with van der Waals surface area (Å²) in [5, 5.41) is 2.77. The predicted molar refractivity (Wildman–Crippen MR) is 116 cm³/mol. The third-order valence-corrected chi connectivity index (χ3v) is 4.24. The maximum Gasteiger partial charge on any atom is 0.269 e. The highest BCUT2D eigenvalue weighted by Gasteiger charge is 2.17. The molecule has 0 fully saturated rings. The number of rotatable bonds is 8. The first kappa shape index (κ1) is 23.5. The largest absolute Gasteiger partial charge is 0.493 e. The van der Waals surface area contributed by atoms with E-state index < -0.39 is 11.8 Å². The molecule has 0 spiro atoms. The molecule has 2 rings (SSSR count). The third-order valence-electron chi connectivity index (χ3n) is 4.24. The lowest BCUT2D eigenvalue weighted by Crippen LogP contribution is -2.41. The van der Waals surface area contributed by atoms with Crippen molar-refractivity contribution in [3.8, 4) is 17.2 Å². The standard InChI is InChI=1S/C22H27N3O6/c1-13(2)10-19(26)23-16-8-6-14(7-9-16)21(27)24-25-22(28)15-11-17(29-3)20(31-5)18(12-15)30-4/h6-9,11-13H,10H2,1-5H3,(H,23,26)(H,24,27)(H,25,28). The zero-order valence-corrected chi connectivity index (χ0v) is 18.2. The van der Waals surface area contributed by atoms with E-state index >= 15 is 0 Å². The molecule has 0 aliphatic rings. The average molecular weight is 429 g/mol. The summed E-state index contributed by atoms with van der Waals surface area (Å²) in [4.78, 5) is 36.6. The third kappa shape index (κ3) is 6.36. The fraction of sp³-hybridized carbons (Fsp3) is 0.318. The molecular formula is C22H27N3O6. The molecule has 3 amide bonds. The van der Waals surface area contributed by atoms with Gasteiger partial charge in [-0.05, 0) is 42.3 Å². The van der Waals surface area contributed by atoms with Crippen LogP contribution in [0.4, 0.5) is 5.69 Å². The summed E-state index contributed by atoms with van der Waals surface area (Å²) in [6, 6.07) is 9.27. The summed E-state index contributed by atoms with van der Waals surface area (Å²) in [6.45, 7) is 3.92. The van der Waals surface area contributed by atoms with E-state index in [0.717, 1.165) is 0 Å². The lowest BCUT2D eigenvalue weighted by molar-refractivity contribution is -0.116. The van der Waals surface area contributed by atoms with Crippen LogP contribution >= 0.6 is 0 Å². The Labute approximate surface area is 181 Å². The van der Waals surface area contributed by atoms with Gasteiger partial charge >= 0.3 is 0 Å².